The lowest BCUT2D eigenvalue weighted by Gasteiger charge is -2.28. The van der Waals surface area contributed by atoms with Gasteiger partial charge in [0.05, 0.1) is 24.9 Å². The Kier molecular flexibility index (Phi) is 2.90. The molecule has 4 aliphatic rings. The molecule has 2 saturated carbocycles. The van der Waals surface area contributed by atoms with Crippen molar-refractivity contribution in [3.05, 3.63) is 0 Å². The SMILES string of the molecule is CC1CC2OC2CC1COC(=O)C12OC1CCCC2C. The summed E-state index contributed by atoms with van der Waals surface area (Å²) in [5.74, 6) is 1.23. The van der Waals surface area contributed by atoms with E-state index in [1.54, 1.807) is 0 Å². The highest BCUT2D eigenvalue weighted by Gasteiger charge is 2.67. The van der Waals surface area contributed by atoms with Crippen LogP contribution in [0.4, 0.5) is 0 Å². The number of hydrogen-bond acceptors (Lipinski definition) is 4. The number of epoxide rings is 2. The summed E-state index contributed by atoms with van der Waals surface area (Å²) in [5, 5.41) is 0. The molecule has 4 heteroatoms. The zero-order valence-corrected chi connectivity index (χ0v) is 12.3. The van der Waals surface area contributed by atoms with Crippen molar-refractivity contribution in [2.24, 2.45) is 17.8 Å². The van der Waals surface area contributed by atoms with Crippen LogP contribution in [0.15, 0.2) is 0 Å². The Labute approximate surface area is 120 Å². The van der Waals surface area contributed by atoms with E-state index >= 15 is 0 Å². The van der Waals surface area contributed by atoms with E-state index in [4.69, 9.17) is 14.2 Å². The lowest BCUT2D eigenvalue weighted by atomic mass is 9.79. The second kappa shape index (κ2) is 4.44. The maximum atomic E-state index is 12.4. The van der Waals surface area contributed by atoms with Gasteiger partial charge in [0.2, 0.25) is 0 Å². The molecule has 0 bridgehead atoms. The van der Waals surface area contributed by atoms with E-state index in [9.17, 15) is 4.79 Å². The van der Waals surface area contributed by atoms with Crippen molar-refractivity contribution >= 4 is 5.97 Å². The molecule has 0 spiro atoms. The molecule has 0 amide bonds. The van der Waals surface area contributed by atoms with Crippen LogP contribution in [0.25, 0.3) is 0 Å². The first kappa shape index (κ1) is 13.1. The Morgan fingerprint density at radius 2 is 2.05 bits per heavy atom. The van der Waals surface area contributed by atoms with Crippen LogP contribution in [0.2, 0.25) is 0 Å². The number of carbonyl (C=O) groups excluding carboxylic acids is 1. The van der Waals surface area contributed by atoms with Gasteiger partial charge in [0.25, 0.3) is 0 Å². The number of rotatable bonds is 3. The third-order valence-electron chi connectivity index (χ3n) is 5.97. The molecule has 112 valence electrons. The number of hydrogen-bond donors (Lipinski definition) is 0. The molecule has 7 atom stereocenters. The van der Waals surface area contributed by atoms with Gasteiger partial charge in [0.15, 0.2) is 5.60 Å². The van der Waals surface area contributed by atoms with Gasteiger partial charge < -0.3 is 14.2 Å². The van der Waals surface area contributed by atoms with Crippen LogP contribution in [0.1, 0.15) is 46.0 Å². The summed E-state index contributed by atoms with van der Waals surface area (Å²) in [5.41, 5.74) is -0.589. The Bertz CT molecular complexity index is 423. The van der Waals surface area contributed by atoms with Gasteiger partial charge in [0, 0.05) is 0 Å². The average molecular weight is 280 g/mol. The summed E-state index contributed by atoms with van der Waals surface area (Å²) in [6, 6.07) is 0. The summed E-state index contributed by atoms with van der Waals surface area (Å²) in [7, 11) is 0. The first-order valence-corrected chi connectivity index (χ1v) is 8.11. The fourth-order valence-electron chi connectivity index (χ4n) is 4.32. The minimum absolute atomic E-state index is 0.110. The van der Waals surface area contributed by atoms with Crippen LogP contribution in [-0.2, 0) is 19.0 Å². The van der Waals surface area contributed by atoms with Crippen LogP contribution in [0.5, 0.6) is 0 Å². The number of ether oxygens (including phenoxy) is 3. The molecule has 4 nitrogen and oxygen atoms in total. The van der Waals surface area contributed by atoms with Crippen LogP contribution < -0.4 is 0 Å². The molecule has 0 aromatic rings. The minimum atomic E-state index is -0.589. The maximum absolute atomic E-state index is 12.4. The van der Waals surface area contributed by atoms with Crippen molar-refractivity contribution in [3.63, 3.8) is 0 Å². The molecule has 0 aromatic heterocycles. The predicted molar refractivity (Wildman–Crippen MR) is 72.1 cm³/mol. The minimum Gasteiger partial charge on any atom is -0.463 e. The molecular weight excluding hydrogens is 256 g/mol. The highest BCUT2D eigenvalue weighted by atomic mass is 16.7. The van der Waals surface area contributed by atoms with Crippen molar-refractivity contribution in [1.29, 1.82) is 0 Å². The Balaban J connectivity index is 1.34. The summed E-state index contributed by atoms with van der Waals surface area (Å²) in [6.07, 6.45) is 6.47. The molecule has 4 rings (SSSR count). The van der Waals surface area contributed by atoms with Crippen molar-refractivity contribution in [2.75, 3.05) is 6.61 Å². The van der Waals surface area contributed by atoms with Gasteiger partial charge in [-0.25, -0.2) is 4.79 Å². The molecule has 0 N–H and O–H groups in total. The topological polar surface area (TPSA) is 51.4 Å². The third-order valence-corrected chi connectivity index (χ3v) is 5.97. The van der Waals surface area contributed by atoms with Crippen molar-refractivity contribution in [3.8, 4) is 0 Å². The molecule has 0 aromatic carbocycles. The molecule has 4 fully saturated rings. The van der Waals surface area contributed by atoms with E-state index in [0.29, 0.717) is 36.6 Å². The van der Waals surface area contributed by atoms with Gasteiger partial charge in [0.1, 0.15) is 0 Å². The van der Waals surface area contributed by atoms with Crippen LogP contribution >= 0.6 is 0 Å². The lowest BCUT2D eigenvalue weighted by Crippen LogP contribution is -2.40. The zero-order chi connectivity index (χ0) is 13.9. The summed E-state index contributed by atoms with van der Waals surface area (Å²) >= 11 is 0. The van der Waals surface area contributed by atoms with Gasteiger partial charge in [-0.05, 0) is 43.4 Å². The molecule has 0 radical (unpaired) electrons. The standard InChI is InChI=1S/C16H24O4/c1-9-6-12-13(19-12)7-11(9)8-18-15(17)16-10(2)4-3-5-14(16)20-16/h9-14H,3-8H2,1-2H3. The molecule has 20 heavy (non-hydrogen) atoms. The fourth-order valence-corrected chi connectivity index (χ4v) is 4.32. The molecule has 2 aliphatic carbocycles. The maximum Gasteiger partial charge on any atom is 0.341 e. The molecule has 2 saturated heterocycles. The van der Waals surface area contributed by atoms with Gasteiger partial charge in [-0.15, -0.1) is 0 Å². The van der Waals surface area contributed by atoms with E-state index in [1.165, 1.54) is 6.42 Å². The first-order chi connectivity index (χ1) is 9.61. The molecule has 2 heterocycles. The molecule has 2 aliphatic heterocycles. The average Bonchev–Trinajstić information content (AvgIpc) is 3.29. The van der Waals surface area contributed by atoms with Gasteiger partial charge in [-0.3, -0.25) is 0 Å². The summed E-state index contributed by atoms with van der Waals surface area (Å²) in [6.45, 7) is 4.90. The molecule has 7 unspecified atom stereocenters. The van der Waals surface area contributed by atoms with E-state index in [0.717, 1.165) is 25.7 Å². The normalized spacial score (nSPS) is 52.7. The van der Waals surface area contributed by atoms with Crippen LogP contribution in [-0.4, -0.2) is 36.5 Å². The lowest BCUT2D eigenvalue weighted by molar-refractivity contribution is -0.154. The Morgan fingerprint density at radius 3 is 2.85 bits per heavy atom. The van der Waals surface area contributed by atoms with Crippen molar-refractivity contribution < 1.29 is 19.0 Å². The second-order valence-corrected chi connectivity index (χ2v) is 7.25. The largest absolute Gasteiger partial charge is 0.463 e. The molecular formula is C16H24O4. The Hall–Kier alpha value is -0.610. The van der Waals surface area contributed by atoms with Crippen molar-refractivity contribution in [2.45, 2.75) is 69.9 Å². The van der Waals surface area contributed by atoms with Crippen molar-refractivity contribution in [1.82, 2.24) is 0 Å². The monoisotopic (exact) mass is 280 g/mol. The van der Waals surface area contributed by atoms with E-state index < -0.39 is 5.60 Å². The van der Waals surface area contributed by atoms with Gasteiger partial charge in [-0.1, -0.05) is 20.3 Å². The zero-order valence-electron chi connectivity index (χ0n) is 12.3. The second-order valence-electron chi connectivity index (χ2n) is 7.25. The quantitative estimate of drug-likeness (QED) is 0.588. The summed E-state index contributed by atoms with van der Waals surface area (Å²) < 4.78 is 17.0. The van der Waals surface area contributed by atoms with E-state index in [1.807, 2.05) is 0 Å². The number of carbonyl (C=O) groups is 1. The van der Waals surface area contributed by atoms with E-state index in [2.05, 4.69) is 13.8 Å². The van der Waals surface area contributed by atoms with Gasteiger partial charge in [-0.2, -0.15) is 0 Å². The number of fused-ring (bicyclic) bond motifs is 2. The fraction of sp³-hybridized carbons (Fsp3) is 0.938. The Morgan fingerprint density at radius 1 is 1.25 bits per heavy atom. The van der Waals surface area contributed by atoms with Gasteiger partial charge >= 0.3 is 5.97 Å². The number of esters is 1. The summed E-state index contributed by atoms with van der Waals surface area (Å²) in [4.78, 5) is 12.4. The van der Waals surface area contributed by atoms with Crippen LogP contribution in [0.3, 0.4) is 0 Å². The predicted octanol–water partition coefficient (Wildman–Crippen LogP) is 2.30. The smallest absolute Gasteiger partial charge is 0.341 e. The highest BCUT2D eigenvalue weighted by molar-refractivity contribution is 5.84. The van der Waals surface area contributed by atoms with Crippen LogP contribution in [0, 0.1) is 17.8 Å². The third kappa shape index (κ3) is 1.92. The van der Waals surface area contributed by atoms with E-state index in [-0.39, 0.29) is 12.1 Å². The highest BCUT2D eigenvalue weighted by Crippen LogP contribution is 2.52. The first-order valence-electron chi connectivity index (χ1n) is 8.11.